The molecule has 1 aliphatic rings. The average molecular weight is 242 g/mol. The highest BCUT2D eigenvalue weighted by atomic mass is 32.2. The number of thiophene rings is 1. The predicted molar refractivity (Wildman–Crippen MR) is 62.6 cm³/mol. The van der Waals surface area contributed by atoms with Crippen LogP contribution < -0.4 is 0 Å². The quantitative estimate of drug-likeness (QED) is 0.813. The lowest BCUT2D eigenvalue weighted by Crippen LogP contribution is -2.10. The van der Waals surface area contributed by atoms with Crippen molar-refractivity contribution in [2.75, 3.05) is 5.75 Å². The van der Waals surface area contributed by atoms with Gasteiger partial charge >= 0.3 is 0 Å². The first-order valence-corrected chi connectivity index (χ1v) is 7.42. The second kappa shape index (κ2) is 5.03. The first kappa shape index (κ1) is 11.0. The van der Waals surface area contributed by atoms with Crippen molar-refractivity contribution in [3.05, 3.63) is 17.5 Å². The maximum Gasteiger partial charge on any atom is 0.136 e. The van der Waals surface area contributed by atoms with E-state index in [1.165, 1.54) is 11.3 Å². The lowest BCUT2D eigenvalue weighted by molar-refractivity contribution is -0.120. The molecule has 0 spiro atoms. The van der Waals surface area contributed by atoms with Gasteiger partial charge < -0.3 is 0 Å². The molecule has 1 saturated carbocycles. The Morgan fingerprint density at radius 3 is 3.00 bits per heavy atom. The van der Waals surface area contributed by atoms with E-state index in [0.717, 1.165) is 29.9 Å². The van der Waals surface area contributed by atoms with Crippen molar-refractivity contribution in [1.29, 1.82) is 0 Å². The Morgan fingerprint density at radius 1 is 1.53 bits per heavy atom. The van der Waals surface area contributed by atoms with E-state index in [1.807, 2.05) is 17.5 Å². The molecule has 2 nitrogen and oxygen atoms in total. The molecule has 0 bridgehead atoms. The van der Waals surface area contributed by atoms with Gasteiger partial charge in [0.15, 0.2) is 0 Å². The van der Waals surface area contributed by atoms with Crippen molar-refractivity contribution in [3.8, 4) is 0 Å². The third-order valence-corrected chi connectivity index (χ3v) is 5.50. The van der Waals surface area contributed by atoms with Gasteiger partial charge in [-0.25, -0.2) is 0 Å². The molecule has 1 fully saturated rings. The summed E-state index contributed by atoms with van der Waals surface area (Å²) in [6.45, 7) is 0. The Hall–Kier alpha value is -0.480. The van der Waals surface area contributed by atoms with E-state index in [4.69, 9.17) is 0 Å². The summed E-state index contributed by atoms with van der Waals surface area (Å²) < 4.78 is 12.7. The van der Waals surface area contributed by atoms with Crippen LogP contribution in [0.4, 0.5) is 0 Å². The predicted octanol–water partition coefficient (Wildman–Crippen LogP) is 2.62. The van der Waals surface area contributed by atoms with Crippen LogP contribution in [-0.2, 0) is 15.6 Å². The number of hydrogen-bond acceptors (Lipinski definition) is 3. The second-order valence-corrected chi connectivity index (χ2v) is 6.57. The third kappa shape index (κ3) is 2.75. The topological polar surface area (TPSA) is 34.1 Å². The lowest BCUT2D eigenvalue weighted by Gasteiger charge is -2.05. The van der Waals surface area contributed by atoms with Crippen LogP contribution in [0, 0.1) is 5.92 Å². The summed E-state index contributed by atoms with van der Waals surface area (Å²) in [5.74, 6) is 1.20. The standard InChI is InChI=1S/C11H14O2S2/c12-10-4-1-3-9(10)6-8-15(13)11-5-2-7-14-11/h2,5,7,9H,1,3-4,6,8H2. The number of hydrogen-bond donors (Lipinski definition) is 0. The van der Waals surface area contributed by atoms with Crippen molar-refractivity contribution in [3.63, 3.8) is 0 Å². The molecule has 1 aromatic heterocycles. The monoisotopic (exact) mass is 242 g/mol. The van der Waals surface area contributed by atoms with E-state index in [-0.39, 0.29) is 5.92 Å². The van der Waals surface area contributed by atoms with Crippen molar-refractivity contribution < 1.29 is 9.00 Å². The van der Waals surface area contributed by atoms with Crippen molar-refractivity contribution in [2.24, 2.45) is 5.92 Å². The lowest BCUT2D eigenvalue weighted by atomic mass is 10.1. The van der Waals surface area contributed by atoms with E-state index in [0.29, 0.717) is 11.5 Å². The molecule has 0 radical (unpaired) electrons. The molecule has 0 saturated heterocycles. The fourth-order valence-corrected chi connectivity index (χ4v) is 4.16. The Morgan fingerprint density at radius 2 is 2.40 bits per heavy atom. The second-order valence-electron chi connectivity index (χ2n) is 3.83. The average Bonchev–Trinajstić information content (AvgIpc) is 2.85. The first-order valence-electron chi connectivity index (χ1n) is 5.22. The maximum atomic E-state index is 11.8. The van der Waals surface area contributed by atoms with Crippen LogP contribution in [-0.4, -0.2) is 15.7 Å². The minimum atomic E-state index is -0.897. The van der Waals surface area contributed by atoms with E-state index in [9.17, 15) is 9.00 Å². The Bertz CT molecular complexity index is 357. The molecule has 0 N–H and O–H groups in total. The van der Waals surface area contributed by atoms with E-state index in [1.54, 1.807) is 0 Å². The number of carbonyl (C=O) groups excluding carboxylic acids is 1. The highest BCUT2D eigenvalue weighted by molar-refractivity contribution is 7.87. The molecule has 0 amide bonds. The molecule has 2 rings (SSSR count). The van der Waals surface area contributed by atoms with Crippen LogP contribution in [0.5, 0.6) is 0 Å². The Balaban J connectivity index is 1.83. The van der Waals surface area contributed by atoms with Gasteiger partial charge in [0.2, 0.25) is 0 Å². The van der Waals surface area contributed by atoms with E-state index >= 15 is 0 Å². The van der Waals surface area contributed by atoms with Crippen LogP contribution in [0.25, 0.3) is 0 Å². The van der Waals surface area contributed by atoms with Gasteiger partial charge in [0.05, 0.1) is 15.0 Å². The van der Waals surface area contributed by atoms with Gasteiger partial charge in [-0.2, -0.15) is 0 Å². The van der Waals surface area contributed by atoms with Gasteiger partial charge in [0.25, 0.3) is 0 Å². The smallest absolute Gasteiger partial charge is 0.136 e. The summed E-state index contributed by atoms with van der Waals surface area (Å²) in [6.07, 6.45) is 3.55. The normalized spacial score (nSPS) is 23.2. The molecule has 0 aromatic carbocycles. The molecule has 1 heterocycles. The SMILES string of the molecule is O=C1CCCC1CCS(=O)c1cccs1. The number of carbonyl (C=O) groups is 1. The number of rotatable bonds is 4. The van der Waals surface area contributed by atoms with Crippen LogP contribution in [0.3, 0.4) is 0 Å². The minimum Gasteiger partial charge on any atom is -0.299 e. The fraction of sp³-hybridized carbons (Fsp3) is 0.545. The Labute approximate surface area is 96.2 Å². The van der Waals surface area contributed by atoms with Crippen molar-refractivity contribution in [2.45, 2.75) is 29.9 Å². The maximum absolute atomic E-state index is 11.8. The summed E-state index contributed by atoms with van der Waals surface area (Å²) >= 11 is 1.53. The highest BCUT2D eigenvalue weighted by Crippen LogP contribution is 2.25. The molecule has 4 heteroatoms. The summed E-state index contributed by atoms with van der Waals surface area (Å²) in [5.41, 5.74) is 0. The van der Waals surface area contributed by atoms with Crippen LogP contribution in [0.15, 0.2) is 21.7 Å². The summed E-state index contributed by atoms with van der Waals surface area (Å²) in [6, 6.07) is 3.82. The fourth-order valence-electron chi connectivity index (χ4n) is 1.94. The zero-order valence-corrected chi connectivity index (χ0v) is 10.1. The molecule has 2 atom stereocenters. The van der Waals surface area contributed by atoms with E-state index in [2.05, 4.69) is 0 Å². The zero-order chi connectivity index (χ0) is 10.7. The minimum absolute atomic E-state index is 0.189. The van der Waals surface area contributed by atoms with Crippen LogP contribution in [0.2, 0.25) is 0 Å². The van der Waals surface area contributed by atoms with Gasteiger partial charge in [-0.3, -0.25) is 9.00 Å². The molecule has 1 aromatic rings. The zero-order valence-electron chi connectivity index (χ0n) is 8.48. The molecular weight excluding hydrogens is 228 g/mol. The molecule has 0 aliphatic heterocycles. The van der Waals surface area contributed by atoms with Gasteiger partial charge in [-0.1, -0.05) is 6.07 Å². The van der Waals surface area contributed by atoms with Crippen molar-refractivity contribution >= 4 is 27.9 Å². The summed E-state index contributed by atoms with van der Waals surface area (Å²) in [7, 11) is -0.897. The highest BCUT2D eigenvalue weighted by Gasteiger charge is 2.24. The third-order valence-electron chi connectivity index (χ3n) is 2.80. The molecular formula is C11H14O2S2. The number of ketones is 1. The molecule has 82 valence electrons. The van der Waals surface area contributed by atoms with Crippen LogP contribution >= 0.6 is 11.3 Å². The van der Waals surface area contributed by atoms with Crippen molar-refractivity contribution in [1.82, 2.24) is 0 Å². The molecule has 15 heavy (non-hydrogen) atoms. The van der Waals surface area contributed by atoms with Gasteiger partial charge in [0.1, 0.15) is 5.78 Å². The molecule has 1 aliphatic carbocycles. The number of Topliss-reactive ketones (excluding diaryl/α,β-unsaturated/α-hetero) is 1. The largest absolute Gasteiger partial charge is 0.299 e. The first-order chi connectivity index (χ1) is 7.27. The van der Waals surface area contributed by atoms with Crippen LogP contribution in [0.1, 0.15) is 25.7 Å². The molecule has 2 unspecified atom stereocenters. The van der Waals surface area contributed by atoms with Gasteiger partial charge in [-0.05, 0) is 30.7 Å². The Kier molecular flexibility index (Phi) is 3.70. The van der Waals surface area contributed by atoms with E-state index < -0.39 is 10.8 Å². The van der Waals surface area contributed by atoms with Gasteiger partial charge in [-0.15, -0.1) is 11.3 Å². The summed E-state index contributed by atoms with van der Waals surface area (Å²) in [4.78, 5) is 11.4. The summed E-state index contributed by atoms with van der Waals surface area (Å²) in [5, 5.41) is 1.94. The van der Waals surface area contributed by atoms with Gasteiger partial charge in [0, 0.05) is 18.1 Å².